The highest BCUT2D eigenvalue weighted by Gasteiger charge is 2.33. The van der Waals surface area contributed by atoms with E-state index >= 15 is 0 Å². The molecule has 2 rings (SSSR count). The maximum atomic E-state index is 9.71. The fourth-order valence-corrected chi connectivity index (χ4v) is 2.95. The van der Waals surface area contributed by atoms with E-state index in [2.05, 4.69) is 49.8 Å². The quantitative estimate of drug-likeness (QED) is 0.873. The van der Waals surface area contributed by atoms with Crippen molar-refractivity contribution in [1.82, 2.24) is 9.97 Å². The van der Waals surface area contributed by atoms with Crippen LogP contribution in [0.25, 0.3) is 0 Å². The Morgan fingerprint density at radius 1 is 1.38 bits per heavy atom. The summed E-state index contributed by atoms with van der Waals surface area (Å²) >= 11 is 0. The van der Waals surface area contributed by atoms with Crippen LogP contribution in [0.15, 0.2) is 0 Å². The number of anilines is 2. The lowest BCUT2D eigenvalue weighted by Gasteiger charge is -2.29. The van der Waals surface area contributed by atoms with Crippen LogP contribution in [0.2, 0.25) is 0 Å². The van der Waals surface area contributed by atoms with Gasteiger partial charge in [0.2, 0.25) is 0 Å². The third-order valence-corrected chi connectivity index (χ3v) is 4.34. The Hall–Kier alpha value is -1.36. The minimum atomic E-state index is 0.160. The molecule has 0 radical (unpaired) electrons. The average molecular weight is 292 g/mol. The Morgan fingerprint density at radius 3 is 2.67 bits per heavy atom. The summed E-state index contributed by atoms with van der Waals surface area (Å²) in [6.45, 7) is 12.5. The number of aliphatic hydroxyl groups is 1. The van der Waals surface area contributed by atoms with E-state index in [1.54, 1.807) is 0 Å². The SMILES string of the molecule is CCNc1nc(C(C)C)nc(N2CCC(C)C2CO)c1C. The predicted octanol–water partition coefficient (Wildman–Crippen LogP) is 2.55. The van der Waals surface area contributed by atoms with Crippen molar-refractivity contribution in [2.24, 2.45) is 5.92 Å². The molecule has 0 spiro atoms. The summed E-state index contributed by atoms with van der Waals surface area (Å²) in [6.07, 6.45) is 1.10. The van der Waals surface area contributed by atoms with Crippen molar-refractivity contribution in [2.45, 2.75) is 53.0 Å². The smallest absolute Gasteiger partial charge is 0.137 e. The summed E-state index contributed by atoms with van der Waals surface area (Å²) in [4.78, 5) is 11.7. The van der Waals surface area contributed by atoms with Gasteiger partial charge in [0, 0.05) is 24.6 Å². The highest BCUT2D eigenvalue weighted by atomic mass is 16.3. The summed E-state index contributed by atoms with van der Waals surface area (Å²) in [5, 5.41) is 13.0. The molecule has 0 saturated carbocycles. The number of hydrogen-bond donors (Lipinski definition) is 2. The maximum absolute atomic E-state index is 9.71. The van der Waals surface area contributed by atoms with Crippen LogP contribution < -0.4 is 10.2 Å². The Morgan fingerprint density at radius 2 is 2.10 bits per heavy atom. The molecule has 1 aliphatic heterocycles. The molecule has 1 saturated heterocycles. The van der Waals surface area contributed by atoms with Crippen LogP contribution in [0.3, 0.4) is 0 Å². The van der Waals surface area contributed by atoms with E-state index in [4.69, 9.17) is 4.98 Å². The van der Waals surface area contributed by atoms with Crippen molar-refractivity contribution in [3.63, 3.8) is 0 Å². The molecule has 0 amide bonds. The Balaban J connectivity index is 2.46. The number of nitrogens with one attached hydrogen (secondary N) is 1. The number of aliphatic hydroxyl groups excluding tert-OH is 1. The van der Waals surface area contributed by atoms with Crippen molar-refractivity contribution < 1.29 is 5.11 Å². The third kappa shape index (κ3) is 3.12. The highest BCUT2D eigenvalue weighted by molar-refractivity contribution is 5.60. The van der Waals surface area contributed by atoms with Gasteiger partial charge in [-0.2, -0.15) is 0 Å². The predicted molar refractivity (Wildman–Crippen MR) is 87.0 cm³/mol. The fraction of sp³-hybridized carbons (Fsp3) is 0.750. The second-order valence-corrected chi connectivity index (χ2v) is 6.27. The molecule has 21 heavy (non-hydrogen) atoms. The van der Waals surface area contributed by atoms with E-state index in [-0.39, 0.29) is 18.6 Å². The standard InChI is InChI=1S/C16H28N4O/c1-6-17-15-12(5)16(19-14(18-15)10(2)3)20-8-7-11(4)13(20)9-21/h10-11,13,21H,6-9H2,1-5H3,(H,17,18,19). The van der Waals surface area contributed by atoms with Crippen LogP contribution in [0.4, 0.5) is 11.6 Å². The van der Waals surface area contributed by atoms with Crippen LogP contribution in [0.5, 0.6) is 0 Å². The van der Waals surface area contributed by atoms with E-state index in [1.807, 2.05) is 0 Å². The van der Waals surface area contributed by atoms with Gasteiger partial charge in [0.25, 0.3) is 0 Å². The molecule has 2 N–H and O–H groups in total. The largest absolute Gasteiger partial charge is 0.394 e. The normalized spacial score (nSPS) is 22.1. The zero-order chi connectivity index (χ0) is 15.6. The summed E-state index contributed by atoms with van der Waals surface area (Å²) in [5.74, 6) is 3.54. The number of nitrogens with zero attached hydrogens (tertiary/aromatic N) is 3. The molecule has 5 heteroatoms. The van der Waals surface area contributed by atoms with Gasteiger partial charge in [-0.15, -0.1) is 0 Å². The van der Waals surface area contributed by atoms with Gasteiger partial charge in [-0.05, 0) is 26.2 Å². The number of aromatic nitrogens is 2. The highest BCUT2D eigenvalue weighted by Crippen LogP contribution is 2.33. The zero-order valence-electron chi connectivity index (χ0n) is 13.8. The second kappa shape index (κ2) is 6.60. The molecule has 0 aliphatic carbocycles. The first-order valence-electron chi connectivity index (χ1n) is 7.99. The third-order valence-electron chi connectivity index (χ3n) is 4.34. The molecule has 1 aliphatic rings. The van der Waals surface area contributed by atoms with Gasteiger partial charge in [-0.3, -0.25) is 0 Å². The molecule has 1 aromatic rings. The Labute approximate surface area is 127 Å². The Bertz CT molecular complexity index is 489. The van der Waals surface area contributed by atoms with Crippen molar-refractivity contribution in [3.8, 4) is 0 Å². The van der Waals surface area contributed by atoms with Crippen LogP contribution in [0, 0.1) is 12.8 Å². The molecule has 118 valence electrons. The summed E-state index contributed by atoms with van der Waals surface area (Å²) in [7, 11) is 0. The molecule has 0 bridgehead atoms. The van der Waals surface area contributed by atoms with Crippen LogP contribution in [-0.2, 0) is 0 Å². The molecule has 2 unspecified atom stereocenters. The number of hydrogen-bond acceptors (Lipinski definition) is 5. The molecule has 1 aromatic heterocycles. The van der Waals surface area contributed by atoms with Gasteiger partial charge in [0.05, 0.1) is 12.6 Å². The van der Waals surface area contributed by atoms with E-state index in [0.29, 0.717) is 5.92 Å². The monoisotopic (exact) mass is 292 g/mol. The zero-order valence-corrected chi connectivity index (χ0v) is 13.8. The summed E-state index contributed by atoms with van der Waals surface area (Å²) < 4.78 is 0. The van der Waals surface area contributed by atoms with Crippen LogP contribution >= 0.6 is 0 Å². The van der Waals surface area contributed by atoms with Crippen molar-refractivity contribution in [3.05, 3.63) is 11.4 Å². The fourth-order valence-electron chi connectivity index (χ4n) is 2.95. The first kappa shape index (κ1) is 16.0. The van der Waals surface area contributed by atoms with Crippen molar-refractivity contribution >= 4 is 11.6 Å². The minimum absolute atomic E-state index is 0.160. The van der Waals surface area contributed by atoms with Gasteiger partial charge in [0.1, 0.15) is 17.5 Å². The lowest BCUT2D eigenvalue weighted by atomic mass is 10.0. The molecular formula is C16H28N4O. The van der Waals surface area contributed by atoms with Crippen LogP contribution in [-0.4, -0.2) is 40.8 Å². The second-order valence-electron chi connectivity index (χ2n) is 6.27. The lowest BCUT2D eigenvalue weighted by molar-refractivity contribution is 0.244. The van der Waals surface area contributed by atoms with E-state index in [0.717, 1.165) is 42.5 Å². The van der Waals surface area contributed by atoms with Gasteiger partial charge in [-0.25, -0.2) is 9.97 Å². The van der Waals surface area contributed by atoms with Crippen molar-refractivity contribution in [2.75, 3.05) is 29.9 Å². The molecule has 2 atom stereocenters. The lowest BCUT2D eigenvalue weighted by Crippen LogP contribution is -2.36. The van der Waals surface area contributed by atoms with Gasteiger partial charge >= 0.3 is 0 Å². The maximum Gasteiger partial charge on any atom is 0.137 e. The van der Waals surface area contributed by atoms with E-state index < -0.39 is 0 Å². The molecular weight excluding hydrogens is 264 g/mol. The topological polar surface area (TPSA) is 61.3 Å². The first-order valence-corrected chi connectivity index (χ1v) is 7.99. The van der Waals surface area contributed by atoms with E-state index in [9.17, 15) is 5.11 Å². The average Bonchev–Trinajstić information content (AvgIpc) is 2.81. The van der Waals surface area contributed by atoms with Crippen LogP contribution in [0.1, 0.15) is 51.4 Å². The summed E-state index contributed by atoms with van der Waals surface area (Å²) in [5.41, 5.74) is 1.08. The van der Waals surface area contributed by atoms with Gasteiger partial charge in [0.15, 0.2) is 0 Å². The minimum Gasteiger partial charge on any atom is -0.394 e. The summed E-state index contributed by atoms with van der Waals surface area (Å²) in [6, 6.07) is 0.160. The molecule has 2 heterocycles. The first-order chi connectivity index (χ1) is 9.99. The van der Waals surface area contributed by atoms with E-state index in [1.165, 1.54) is 0 Å². The molecule has 0 aromatic carbocycles. The van der Waals surface area contributed by atoms with Gasteiger partial charge < -0.3 is 15.3 Å². The molecule has 5 nitrogen and oxygen atoms in total. The Kier molecular flexibility index (Phi) is 5.04. The van der Waals surface area contributed by atoms with Gasteiger partial charge in [-0.1, -0.05) is 20.8 Å². The van der Waals surface area contributed by atoms with Crippen molar-refractivity contribution in [1.29, 1.82) is 0 Å². The molecule has 1 fully saturated rings. The number of rotatable bonds is 5.